The van der Waals surface area contributed by atoms with Gasteiger partial charge in [-0.05, 0) is 24.1 Å². The number of para-hydroxylation sites is 1. The van der Waals surface area contributed by atoms with Gasteiger partial charge in [0.2, 0.25) is 0 Å². The van der Waals surface area contributed by atoms with E-state index in [1.54, 1.807) is 0 Å². The minimum Gasteiger partial charge on any atom is -0.489 e. The summed E-state index contributed by atoms with van der Waals surface area (Å²) < 4.78 is 7.91. The van der Waals surface area contributed by atoms with E-state index < -0.39 is 0 Å². The van der Waals surface area contributed by atoms with Gasteiger partial charge in [0, 0.05) is 30.5 Å². The Labute approximate surface area is 142 Å². The number of nitrogens with zero attached hydrogens (tertiary/aromatic N) is 3. The average molecular weight is 324 g/mol. The van der Waals surface area contributed by atoms with Crippen LogP contribution in [0.15, 0.2) is 29.8 Å². The highest BCUT2D eigenvalue weighted by molar-refractivity contribution is 5.62. The van der Waals surface area contributed by atoms with Crippen LogP contribution >= 0.6 is 0 Å². The summed E-state index contributed by atoms with van der Waals surface area (Å²) in [4.78, 5) is 4.65. The Hall–Kier alpha value is -2.14. The molecule has 0 saturated carbocycles. The van der Waals surface area contributed by atoms with Crippen LogP contribution in [0, 0.1) is 0 Å². The third-order valence-corrected chi connectivity index (χ3v) is 4.70. The lowest BCUT2D eigenvalue weighted by atomic mass is 10.1. The van der Waals surface area contributed by atoms with Crippen molar-refractivity contribution in [3.63, 3.8) is 0 Å². The van der Waals surface area contributed by atoms with E-state index in [4.69, 9.17) is 4.74 Å². The monoisotopic (exact) mass is 324 g/mol. The molecular formula is C19H24N4O. The van der Waals surface area contributed by atoms with Gasteiger partial charge in [0.25, 0.3) is 0 Å². The molecule has 126 valence electrons. The largest absolute Gasteiger partial charge is 0.489 e. The number of aryl methyl sites for hydroxylation is 1. The average Bonchev–Trinajstić information content (AvgIpc) is 3.03. The summed E-state index contributed by atoms with van der Waals surface area (Å²) in [5.74, 6) is 3.46. The maximum atomic E-state index is 5.83. The van der Waals surface area contributed by atoms with Crippen molar-refractivity contribution in [3.8, 4) is 5.75 Å². The summed E-state index contributed by atoms with van der Waals surface area (Å²) in [5, 5.41) is 8.32. The van der Waals surface area contributed by atoms with Crippen LogP contribution in [-0.4, -0.2) is 34.0 Å². The molecule has 0 radical (unpaired) electrons. The van der Waals surface area contributed by atoms with Crippen LogP contribution in [0.1, 0.15) is 43.4 Å². The number of hydrogen-bond donors (Lipinski definition) is 1. The van der Waals surface area contributed by atoms with Crippen molar-refractivity contribution < 1.29 is 4.74 Å². The Morgan fingerprint density at radius 2 is 2.21 bits per heavy atom. The molecule has 0 fully saturated rings. The molecule has 2 aromatic rings. The van der Waals surface area contributed by atoms with E-state index in [2.05, 4.69) is 52.1 Å². The summed E-state index contributed by atoms with van der Waals surface area (Å²) in [5.41, 5.74) is 2.46. The van der Waals surface area contributed by atoms with Gasteiger partial charge in [-0.1, -0.05) is 32.0 Å². The Bertz CT molecular complexity index is 762. The topological polar surface area (TPSA) is 52.0 Å². The SMILES string of the molecule is CC(C)c1nc2n(n1)C[C@H](NCC1=Cc3ccccc3OC1)CC2. The van der Waals surface area contributed by atoms with Gasteiger partial charge >= 0.3 is 0 Å². The van der Waals surface area contributed by atoms with Crippen molar-refractivity contribution >= 4 is 6.08 Å². The molecule has 2 aliphatic rings. The van der Waals surface area contributed by atoms with Crippen LogP contribution in [0.4, 0.5) is 0 Å². The highest BCUT2D eigenvalue weighted by Crippen LogP contribution is 2.25. The van der Waals surface area contributed by atoms with E-state index in [1.165, 1.54) is 11.1 Å². The van der Waals surface area contributed by atoms with E-state index in [9.17, 15) is 0 Å². The number of rotatable bonds is 4. The first kappa shape index (κ1) is 15.4. The van der Waals surface area contributed by atoms with Crippen molar-refractivity contribution in [1.82, 2.24) is 20.1 Å². The molecule has 1 atom stereocenters. The predicted molar refractivity (Wildman–Crippen MR) is 94.1 cm³/mol. The zero-order valence-corrected chi connectivity index (χ0v) is 14.3. The minimum absolute atomic E-state index is 0.388. The summed E-state index contributed by atoms with van der Waals surface area (Å²) in [7, 11) is 0. The summed E-state index contributed by atoms with van der Waals surface area (Å²) >= 11 is 0. The first-order chi connectivity index (χ1) is 11.7. The van der Waals surface area contributed by atoms with Crippen LogP contribution in [-0.2, 0) is 13.0 Å². The van der Waals surface area contributed by atoms with Crippen molar-refractivity contribution in [2.24, 2.45) is 0 Å². The molecule has 0 aliphatic carbocycles. The van der Waals surface area contributed by atoms with E-state index >= 15 is 0 Å². The lowest BCUT2D eigenvalue weighted by molar-refractivity contribution is 0.330. The molecular weight excluding hydrogens is 300 g/mol. The summed E-state index contributed by atoms with van der Waals surface area (Å²) in [6.45, 7) is 6.72. The molecule has 0 amide bonds. The van der Waals surface area contributed by atoms with Crippen molar-refractivity contribution in [1.29, 1.82) is 0 Å². The first-order valence-corrected chi connectivity index (χ1v) is 8.77. The fourth-order valence-corrected chi connectivity index (χ4v) is 3.28. The van der Waals surface area contributed by atoms with Crippen molar-refractivity contribution in [3.05, 3.63) is 47.1 Å². The van der Waals surface area contributed by atoms with Gasteiger partial charge in [-0.2, -0.15) is 5.10 Å². The van der Waals surface area contributed by atoms with Gasteiger partial charge in [-0.25, -0.2) is 9.67 Å². The van der Waals surface area contributed by atoms with E-state index in [-0.39, 0.29) is 0 Å². The molecule has 3 heterocycles. The van der Waals surface area contributed by atoms with E-state index in [0.717, 1.165) is 43.3 Å². The Morgan fingerprint density at radius 1 is 1.33 bits per heavy atom. The lowest BCUT2D eigenvalue weighted by Crippen LogP contribution is -2.39. The molecule has 24 heavy (non-hydrogen) atoms. The van der Waals surface area contributed by atoms with E-state index in [1.807, 2.05) is 12.1 Å². The molecule has 1 aromatic carbocycles. The highest BCUT2D eigenvalue weighted by atomic mass is 16.5. The fraction of sp³-hybridized carbons (Fsp3) is 0.474. The van der Waals surface area contributed by atoms with Gasteiger partial charge in [0.1, 0.15) is 18.2 Å². The molecule has 5 heteroatoms. The van der Waals surface area contributed by atoms with E-state index in [0.29, 0.717) is 18.6 Å². The Morgan fingerprint density at radius 3 is 3.08 bits per heavy atom. The van der Waals surface area contributed by atoms with Crippen LogP contribution < -0.4 is 10.1 Å². The molecule has 0 spiro atoms. The smallest absolute Gasteiger partial charge is 0.153 e. The van der Waals surface area contributed by atoms with Crippen LogP contribution in [0.3, 0.4) is 0 Å². The second-order valence-electron chi connectivity index (χ2n) is 6.97. The van der Waals surface area contributed by atoms with Crippen molar-refractivity contribution in [2.75, 3.05) is 13.2 Å². The normalized spacial score (nSPS) is 19.5. The first-order valence-electron chi connectivity index (χ1n) is 8.77. The highest BCUT2D eigenvalue weighted by Gasteiger charge is 2.22. The molecule has 0 bridgehead atoms. The third kappa shape index (κ3) is 3.08. The van der Waals surface area contributed by atoms with Gasteiger partial charge in [-0.3, -0.25) is 0 Å². The maximum absolute atomic E-state index is 5.83. The fourth-order valence-electron chi connectivity index (χ4n) is 3.28. The summed E-state index contributed by atoms with van der Waals surface area (Å²) in [6, 6.07) is 8.63. The van der Waals surface area contributed by atoms with Crippen LogP contribution in [0.2, 0.25) is 0 Å². The minimum atomic E-state index is 0.388. The van der Waals surface area contributed by atoms with Gasteiger partial charge in [-0.15, -0.1) is 0 Å². The van der Waals surface area contributed by atoms with Gasteiger partial charge in [0.15, 0.2) is 5.82 Å². The lowest BCUT2D eigenvalue weighted by Gasteiger charge is -2.25. The predicted octanol–water partition coefficient (Wildman–Crippen LogP) is 2.78. The molecule has 2 aliphatic heterocycles. The molecule has 1 aromatic heterocycles. The Kier molecular flexibility index (Phi) is 4.10. The standard InChI is InChI=1S/C19H24N4O/c1-13(2)19-21-18-8-7-16(11-23(18)22-19)20-10-14-9-15-5-3-4-6-17(15)24-12-14/h3-6,9,13,16,20H,7-8,10-12H2,1-2H3/t16-/m1/s1. The second-order valence-corrected chi connectivity index (χ2v) is 6.97. The number of nitrogens with one attached hydrogen (secondary N) is 1. The molecule has 0 unspecified atom stereocenters. The maximum Gasteiger partial charge on any atom is 0.153 e. The third-order valence-electron chi connectivity index (χ3n) is 4.70. The quantitative estimate of drug-likeness (QED) is 0.939. The van der Waals surface area contributed by atoms with Crippen molar-refractivity contribution in [2.45, 2.75) is 45.2 Å². The second kappa shape index (κ2) is 6.40. The summed E-state index contributed by atoms with van der Waals surface area (Å²) in [6.07, 6.45) is 4.35. The van der Waals surface area contributed by atoms with Crippen LogP contribution in [0.25, 0.3) is 6.08 Å². The number of benzene rings is 1. The molecule has 4 rings (SSSR count). The number of aromatic nitrogens is 3. The number of ether oxygens (including phenoxy) is 1. The zero-order valence-electron chi connectivity index (χ0n) is 14.3. The van der Waals surface area contributed by atoms with Gasteiger partial charge < -0.3 is 10.1 Å². The molecule has 5 nitrogen and oxygen atoms in total. The van der Waals surface area contributed by atoms with Crippen LogP contribution in [0.5, 0.6) is 5.75 Å². The molecule has 0 saturated heterocycles. The Balaban J connectivity index is 1.38. The number of fused-ring (bicyclic) bond motifs is 2. The van der Waals surface area contributed by atoms with Gasteiger partial charge in [0.05, 0.1) is 6.54 Å². The molecule has 1 N–H and O–H groups in total. The zero-order chi connectivity index (χ0) is 16.5. The number of hydrogen-bond acceptors (Lipinski definition) is 4.